The standard InChI is InChI=1S/C22H32ClN4O7/c1-12(2)18(15(28)11-23)25-19(31)14-7-6-10-26(14)20(32)13(3)24-21(33)22(4)16(29)8-9-17(30)27(22)34-5/h11-14,18H,6-10H2,1-5H3,(H,24,33)(H,25,31)/t13-,14-,18-,22+/m0/s1. The van der Waals surface area contributed by atoms with Gasteiger partial charge in [0.05, 0.1) is 13.2 Å². The number of hydrogen-bond donors (Lipinski definition) is 2. The van der Waals surface area contributed by atoms with E-state index in [4.69, 9.17) is 16.4 Å². The first kappa shape index (κ1) is 27.7. The minimum atomic E-state index is -1.91. The monoisotopic (exact) mass is 499 g/mol. The van der Waals surface area contributed by atoms with E-state index in [1.807, 2.05) is 0 Å². The minimum Gasteiger partial charge on any atom is -0.344 e. The SMILES string of the molecule is CON1C(=O)CCC(=O)[C@]1(C)C(=O)N[C@@H](C)C(=O)N1CCC[C@H]1C(=O)N[C@H](C(=O)[CH]Cl)C(C)C. The quantitative estimate of drug-likeness (QED) is 0.428. The molecule has 189 valence electrons. The van der Waals surface area contributed by atoms with Gasteiger partial charge in [0.15, 0.2) is 11.6 Å². The van der Waals surface area contributed by atoms with Gasteiger partial charge in [0.2, 0.25) is 23.3 Å². The van der Waals surface area contributed by atoms with Crippen molar-refractivity contribution in [3.05, 3.63) is 5.88 Å². The summed E-state index contributed by atoms with van der Waals surface area (Å²) in [6.45, 7) is 6.52. The van der Waals surface area contributed by atoms with Crippen LogP contribution in [-0.2, 0) is 33.6 Å². The Morgan fingerprint density at radius 3 is 2.35 bits per heavy atom. The molecule has 2 aliphatic rings. The minimum absolute atomic E-state index is 0.0735. The molecule has 2 N–H and O–H groups in total. The lowest BCUT2D eigenvalue weighted by Gasteiger charge is -2.40. The van der Waals surface area contributed by atoms with Gasteiger partial charge in [-0.1, -0.05) is 13.8 Å². The largest absolute Gasteiger partial charge is 0.344 e. The highest BCUT2D eigenvalue weighted by atomic mass is 35.5. The molecule has 34 heavy (non-hydrogen) atoms. The number of amides is 4. The molecule has 12 heteroatoms. The molecule has 4 atom stereocenters. The van der Waals surface area contributed by atoms with Gasteiger partial charge < -0.3 is 15.5 Å². The van der Waals surface area contributed by atoms with Crippen LogP contribution in [0.3, 0.4) is 0 Å². The average Bonchev–Trinajstić information content (AvgIpc) is 3.28. The fraction of sp³-hybridized carbons (Fsp3) is 0.682. The number of rotatable bonds is 9. The van der Waals surface area contributed by atoms with Gasteiger partial charge >= 0.3 is 0 Å². The highest BCUT2D eigenvalue weighted by molar-refractivity contribution is 6.35. The van der Waals surface area contributed by atoms with E-state index in [1.165, 1.54) is 25.9 Å². The molecule has 0 bridgehead atoms. The van der Waals surface area contributed by atoms with E-state index in [-0.39, 0.29) is 25.3 Å². The summed E-state index contributed by atoms with van der Waals surface area (Å²) in [7, 11) is 1.18. The van der Waals surface area contributed by atoms with Gasteiger partial charge in [-0.3, -0.25) is 33.6 Å². The Hall–Kier alpha value is -2.53. The van der Waals surface area contributed by atoms with Gasteiger partial charge in [0.25, 0.3) is 5.91 Å². The van der Waals surface area contributed by atoms with Crippen LogP contribution in [0.5, 0.6) is 0 Å². The fourth-order valence-electron chi connectivity index (χ4n) is 4.27. The van der Waals surface area contributed by atoms with E-state index in [1.54, 1.807) is 13.8 Å². The van der Waals surface area contributed by atoms with Crippen molar-refractivity contribution in [3.8, 4) is 0 Å². The topological polar surface area (TPSA) is 142 Å². The lowest BCUT2D eigenvalue weighted by Crippen LogP contribution is -2.67. The number of hydrogen-bond acceptors (Lipinski definition) is 7. The molecule has 2 fully saturated rings. The second kappa shape index (κ2) is 11.3. The van der Waals surface area contributed by atoms with Gasteiger partial charge in [-0.25, -0.2) is 0 Å². The van der Waals surface area contributed by atoms with E-state index < -0.39 is 58.9 Å². The first-order chi connectivity index (χ1) is 15.9. The van der Waals surface area contributed by atoms with Gasteiger partial charge in [-0.05, 0) is 32.6 Å². The second-order valence-corrected chi connectivity index (χ2v) is 9.21. The van der Waals surface area contributed by atoms with Crippen LogP contribution < -0.4 is 10.6 Å². The maximum absolute atomic E-state index is 13.1. The van der Waals surface area contributed by atoms with E-state index >= 15 is 0 Å². The van der Waals surface area contributed by atoms with Crippen molar-refractivity contribution in [2.45, 2.75) is 77.0 Å². The number of halogens is 1. The van der Waals surface area contributed by atoms with Crippen LogP contribution in [0.4, 0.5) is 0 Å². The van der Waals surface area contributed by atoms with E-state index in [0.29, 0.717) is 12.8 Å². The van der Waals surface area contributed by atoms with Crippen molar-refractivity contribution in [2.24, 2.45) is 5.92 Å². The number of carbonyl (C=O) groups excluding carboxylic acids is 6. The molecule has 0 aromatic heterocycles. The molecule has 0 aliphatic carbocycles. The zero-order valence-electron chi connectivity index (χ0n) is 20.1. The van der Waals surface area contributed by atoms with Crippen LogP contribution in [0.15, 0.2) is 0 Å². The first-order valence-corrected chi connectivity index (χ1v) is 11.6. The molecule has 1 radical (unpaired) electrons. The van der Waals surface area contributed by atoms with Gasteiger partial charge in [0, 0.05) is 19.4 Å². The van der Waals surface area contributed by atoms with Crippen LogP contribution in [-0.4, -0.2) is 82.5 Å². The maximum atomic E-state index is 13.1. The van der Waals surface area contributed by atoms with E-state index in [2.05, 4.69) is 10.6 Å². The Kier molecular flexibility index (Phi) is 9.18. The fourth-order valence-corrected chi connectivity index (χ4v) is 4.40. The van der Waals surface area contributed by atoms with Crippen LogP contribution in [0.2, 0.25) is 0 Å². The average molecular weight is 500 g/mol. The second-order valence-electron chi connectivity index (χ2n) is 8.99. The zero-order chi connectivity index (χ0) is 25.8. The number of carbonyl (C=O) groups is 6. The molecule has 0 aromatic rings. The first-order valence-electron chi connectivity index (χ1n) is 11.2. The normalized spacial score (nSPS) is 24.7. The third kappa shape index (κ3) is 5.41. The summed E-state index contributed by atoms with van der Waals surface area (Å²) in [4.78, 5) is 82.1. The van der Waals surface area contributed by atoms with Gasteiger partial charge in [0.1, 0.15) is 18.0 Å². The van der Waals surface area contributed by atoms with Crippen molar-refractivity contribution in [2.75, 3.05) is 13.7 Å². The Labute approximate surface area is 203 Å². The highest BCUT2D eigenvalue weighted by Crippen LogP contribution is 2.27. The van der Waals surface area contributed by atoms with E-state index in [0.717, 1.165) is 10.9 Å². The number of nitrogens with zero attached hydrogens (tertiary/aromatic N) is 2. The van der Waals surface area contributed by atoms with Crippen molar-refractivity contribution in [1.29, 1.82) is 0 Å². The van der Waals surface area contributed by atoms with Crippen LogP contribution in [0, 0.1) is 11.8 Å². The van der Waals surface area contributed by atoms with Crippen molar-refractivity contribution in [1.82, 2.24) is 20.6 Å². The molecule has 2 rings (SSSR count). The summed E-state index contributed by atoms with van der Waals surface area (Å²) >= 11 is 5.53. The molecular weight excluding hydrogens is 468 g/mol. The third-order valence-corrected chi connectivity index (χ3v) is 6.52. The van der Waals surface area contributed by atoms with Crippen LogP contribution in [0.25, 0.3) is 0 Å². The number of hydroxylamine groups is 2. The van der Waals surface area contributed by atoms with Gasteiger partial charge in [-0.2, -0.15) is 5.06 Å². The lowest BCUT2D eigenvalue weighted by atomic mass is 9.87. The lowest BCUT2D eigenvalue weighted by molar-refractivity contribution is -0.213. The summed E-state index contributed by atoms with van der Waals surface area (Å²) in [6, 6.07) is -2.73. The molecule has 0 spiro atoms. The Morgan fingerprint density at radius 2 is 1.79 bits per heavy atom. The molecule has 11 nitrogen and oxygen atoms in total. The van der Waals surface area contributed by atoms with Crippen molar-refractivity contribution in [3.63, 3.8) is 0 Å². The Balaban J connectivity index is 2.12. The number of piperidine rings is 1. The predicted octanol–water partition coefficient (Wildman–Crippen LogP) is 0.104. The summed E-state index contributed by atoms with van der Waals surface area (Å²) < 4.78 is 0. The molecule has 0 saturated carbocycles. The molecule has 4 amide bonds. The Morgan fingerprint density at radius 1 is 1.15 bits per heavy atom. The number of ketones is 2. The van der Waals surface area contributed by atoms with E-state index in [9.17, 15) is 28.8 Å². The molecule has 2 saturated heterocycles. The molecule has 2 aliphatic heterocycles. The molecule has 0 aromatic carbocycles. The maximum Gasteiger partial charge on any atom is 0.256 e. The third-order valence-electron chi connectivity index (χ3n) is 6.30. The zero-order valence-corrected chi connectivity index (χ0v) is 20.8. The predicted molar refractivity (Wildman–Crippen MR) is 121 cm³/mol. The van der Waals surface area contributed by atoms with Crippen molar-refractivity contribution >= 4 is 46.8 Å². The summed E-state index contributed by atoms with van der Waals surface area (Å²) in [6.07, 6.45) is 0.767. The summed E-state index contributed by atoms with van der Waals surface area (Å²) in [5, 5.41) is 5.89. The number of likely N-dealkylation sites (tertiary alicyclic amines) is 1. The number of nitrogens with one attached hydrogen (secondary N) is 2. The van der Waals surface area contributed by atoms with Crippen LogP contribution >= 0.6 is 11.6 Å². The molecule has 2 heterocycles. The summed E-state index contributed by atoms with van der Waals surface area (Å²) in [5.41, 5.74) is -1.91. The molecular formula is C22H32ClN4O7. The smallest absolute Gasteiger partial charge is 0.256 e. The van der Waals surface area contributed by atoms with Crippen molar-refractivity contribution < 1.29 is 33.6 Å². The highest BCUT2D eigenvalue weighted by Gasteiger charge is 2.53. The van der Waals surface area contributed by atoms with Crippen LogP contribution in [0.1, 0.15) is 53.4 Å². The number of Topliss-reactive ketones (excluding diaryl/α,β-unsaturated/α-hetero) is 2. The summed E-state index contributed by atoms with van der Waals surface area (Å²) in [5.74, 6) is -2.66. The van der Waals surface area contributed by atoms with Gasteiger partial charge in [-0.15, -0.1) is 11.6 Å². The molecule has 0 unspecified atom stereocenters. The Bertz CT molecular complexity index is 864.